The Morgan fingerprint density at radius 1 is 0.308 bits per heavy atom. The fourth-order valence-corrected chi connectivity index (χ4v) is 4.25. The van der Waals surface area contributed by atoms with E-state index >= 15 is 0 Å². The molecule has 0 aliphatic heterocycles. The molecule has 0 radical (unpaired) electrons. The van der Waals surface area contributed by atoms with Gasteiger partial charge < -0.3 is 0 Å². The number of rotatable bonds is 22. The minimum Gasteiger partial charge on any atom is -0.0654 e. The molecule has 1 unspecified atom stereocenters. The van der Waals surface area contributed by atoms with Crippen LogP contribution in [0.15, 0.2) is 0 Å². The van der Waals surface area contributed by atoms with Crippen molar-refractivity contribution in [3.63, 3.8) is 0 Å². The van der Waals surface area contributed by atoms with E-state index in [2.05, 4.69) is 20.8 Å². The number of hydrogen-bond acceptors (Lipinski definition) is 0. The van der Waals surface area contributed by atoms with E-state index in [1.807, 2.05) is 0 Å². The van der Waals surface area contributed by atoms with Crippen LogP contribution in [0.2, 0.25) is 0 Å². The molecule has 158 valence electrons. The van der Waals surface area contributed by atoms with Gasteiger partial charge in [0.2, 0.25) is 0 Å². The topological polar surface area (TPSA) is 0 Å². The van der Waals surface area contributed by atoms with Gasteiger partial charge in [-0.05, 0) is 5.92 Å². The smallest absolute Gasteiger partial charge is 0.0414 e. The van der Waals surface area contributed by atoms with Crippen molar-refractivity contribution in [2.75, 3.05) is 0 Å². The summed E-state index contributed by atoms with van der Waals surface area (Å²) in [5.41, 5.74) is 0. The SMILES string of the molecule is CCCCCCCCCCCCC(CCCCC)CCCCCCCC. The summed E-state index contributed by atoms with van der Waals surface area (Å²) in [5, 5.41) is 0. The van der Waals surface area contributed by atoms with Crippen molar-refractivity contribution in [1.29, 1.82) is 0 Å². The van der Waals surface area contributed by atoms with Gasteiger partial charge in [0.25, 0.3) is 0 Å². The molecule has 0 amide bonds. The highest BCUT2D eigenvalue weighted by molar-refractivity contribution is 4.62. The average Bonchev–Trinajstić information content (AvgIpc) is 2.65. The highest BCUT2D eigenvalue weighted by atomic mass is 14.1. The second kappa shape index (κ2) is 23.0. The van der Waals surface area contributed by atoms with Gasteiger partial charge in [0.15, 0.2) is 0 Å². The predicted octanol–water partition coefficient (Wildman–Crippen LogP) is 10.2. The van der Waals surface area contributed by atoms with Crippen molar-refractivity contribution in [3.05, 3.63) is 0 Å². The van der Waals surface area contributed by atoms with Crippen LogP contribution in [0.25, 0.3) is 0 Å². The predicted molar refractivity (Wildman–Crippen MR) is 122 cm³/mol. The summed E-state index contributed by atoms with van der Waals surface area (Å²) >= 11 is 0. The molecule has 0 fully saturated rings. The van der Waals surface area contributed by atoms with Gasteiger partial charge in [0, 0.05) is 0 Å². The minimum atomic E-state index is 1.04. The Morgan fingerprint density at radius 3 is 0.885 bits per heavy atom. The lowest BCUT2D eigenvalue weighted by molar-refractivity contribution is 0.367. The summed E-state index contributed by atoms with van der Waals surface area (Å²) in [6.45, 7) is 6.96. The molecule has 0 aliphatic rings. The molecule has 0 spiro atoms. The molecule has 0 aromatic heterocycles. The molecular weight excluding hydrogens is 312 g/mol. The first-order valence-electron chi connectivity index (χ1n) is 12.8. The summed E-state index contributed by atoms with van der Waals surface area (Å²) < 4.78 is 0. The van der Waals surface area contributed by atoms with Gasteiger partial charge in [-0.3, -0.25) is 0 Å². The molecule has 0 rings (SSSR count). The van der Waals surface area contributed by atoms with Crippen LogP contribution in [0.3, 0.4) is 0 Å². The highest BCUT2D eigenvalue weighted by Crippen LogP contribution is 2.24. The molecule has 0 heterocycles. The first kappa shape index (κ1) is 26.0. The molecule has 1 atom stereocenters. The Hall–Kier alpha value is 0. The summed E-state index contributed by atoms with van der Waals surface area (Å²) in [5.74, 6) is 1.04. The molecule has 0 N–H and O–H groups in total. The summed E-state index contributed by atoms with van der Waals surface area (Å²) in [6, 6.07) is 0. The Kier molecular flexibility index (Phi) is 23.0. The molecule has 0 aromatic rings. The van der Waals surface area contributed by atoms with Gasteiger partial charge in [-0.25, -0.2) is 0 Å². The van der Waals surface area contributed by atoms with Crippen LogP contribution in [0.1, 0.15) is 162 Å². The molecule has 26 heavy (non-hydrogen) atoms. The van der Waals surface area contributed by atoms with Crippen LogP contribution in [0.5, 0.6) is 0 Å². The molecule has 0 aromatic carbocycles. The van der Waals surface area contributed by atoms with E-state index in [1.165, 1.54) is 141 Å². The van der Waals surface area contributed by atoms with Crippen molar-refractivity contribution in [2.45, 2.75) is 162 Å². The lowest BCUT2D eigenvalue weighted by Gasteiger charge is -2.17. The van der Waals surface area contributed by atoms with E-state index < -0.39 is 0 Å². The molecule has 0 heteroatoms. The van der Waals surface area contributed by atoms with E-state index in [-0.39, 0.29) is 0 Å². The van der Waals surface area contributed by atoms with Crippen LogP contribution in [-0.4, -0.2) is 0 Å². The standard InChI is InChI=1S/C26H54/c1-4-7-10-12-14-15-16-17-19-22-25-26(23-20-9-6-3)24-21-18-13-11-8-5-2/h26H,4-25H2,1-3H3. The van der Waals surface area contributed by atoms with Crippen LogP contribution >= 0.6 is 0 Å². The molecule has 0 saturated carbocycles. The normalized spacial score (nSPS) is 12.6. The maximum atomic E-state index is 2.34. The Bertz CT molecular complexity index is 232. The van der Waals surface area contributed by atoms with E-state index in [9.17, 15) is 0 Å². The Labute approximate surface area is 168 Å². The maximum absolute atomic E-state index is 2.34. The van der Waals surface area contributed by atoms with Crippen LogP contribution in [0.4, 0.5) is 0 Å². The van der Waals surface area contributed by atoms with E-state index in [1.54, 1.807) is 0 Å². The van der Waals surface area contributed by atoms with Crippen LogP contribution < -0.4 is 0 Å². The third-order valence-corrected chi connectivity index (χ3v) is 6.15. The maximum Gasteiger partial charge on any atom is -0.0414 e. The van der Waals surface area contributed by atoms with Gasteiger partial charge in [0.1, 0.15) is 0 Å². The van der Waals surface area contributed by atoms with Crippen LogP contribution in [0, 0.1) is 5.92 Å². The number of hydrogen-bond donors (Lipinski definition) is 0. The lowest BCUT2D eigenvalue weighted by Crippen LogP contribution is -2.01. The van der Waals surface area contributed by atoms with Crippen molar-refractivity contribution in [3.8, 4) is 0 Å². The highest BCUT2D eigenvalue weighted by Gasteiger charge is 2.08. The Morgan fingerprint density at radius 2 is 0.538 bits per heavy atom. The van der Waals surface area contributed by atoms with Gasteiger partial charge in [-0.2, -0.15) is 0 Å². The quantitative estimate of drug-likeness (QED) is 0.167. The van der Waals surface area contributed by atoms with Gasteiger partial charge in [-0.1, -0.05) is 162 Å². The zero-order valence-electron chi connectivity index (χ0n) is 19.1. The first-order valence-corrected chi connectivity index (χ1v) is 12.8. The molecule has 0 aliphatic carbocycles. The molecule has 0 bridgehead atoms. The second-order valence-corrected chi connectivity index (χ2v) is 8.89. The fourth-order valence-electron chi connectivity index (χ4n) is 4.25. The first-order chi connectivity index (χ1) is 12.8. The van der Waals surface area contributed by atoms with Gasteiger partial charge in [-0.15, -0.1) is 0 Å². The lowest BCUT2D eigenvalue weighted by atomic mass is 9.89. The Balaban J connectivity index is 3.59. The zero-order valence-corrected chi connectivity index (χ0v) is 19.1. The third kappa shape index (κ3) is 20.3. The summed E-state index contributed by atoms with van der Waals surface area (Å²) in [4.78, 5) is 0. The van der Waals surface area contributed by atoms with E-state index in [0.717, 1.165) is 5.92 Å². The molecule has 0 nitrogen and oxygen atoms in total. The fraction of sp³-hybridized carbons (Fsp3) is 1.00. The van der Waals surface area contributed by atoms with E-state index in [4.69, 9.17) is 0 Å². The largest absolute Gasteiger partial charge is 0.0654 e. The zero-order chi connectivity index (χ0) is 19.1. The average molecular weight is 367 g/mol. The van der Waals surface area contributed by atoms with Crippen molar-refractivity contribution in [1.82, 2.24) is 0 Å². The van der Waals surface area contributed by atoms with Gasteiger partial charge >= 0.3 is 0 Å². The third-order valence-electron chi connectivity index (χ3n) is 6.15. The molecule has 0 saturated heterocycles. The van der Waals surface area contributed by atoms with E-state index in [0.29, 0.717) is 0 Å². The van der Waals surface area contributed by atoms with Crippen molar-refractivity contribution < 1.29 is 0 Å². The van der Waals surface area contributed by atoms with Crippen molar-refractivity contribution >= 4 is 0 Å². The minimum absolute atomic E-state index is 1.04. The second-order valence-electron chi connectivity index (χ2n) is 8.89. The monoisotopic (exact) mass is 366 g/mol. The number of unbranched alkanes of at least 4 members (excludes halogenated alkanes) is 16. The summed E-state index contributed by atoms with van der Waals surface area (Å²) in [7, 11) is 0. The van der Waals surface area contributed by atoms with Crippen molar-refractivity contribution in [2.24, 2.45) is 5.92 Å². The van der Waals surface area contributed by atoms with Crippen LogP contribution in [-0.2, 0) is 0 Å². The molecular formula is C26H54. The van der Waals surface area contributed by atoms with Gasteiger partial charge in [0.05, 0.1) is 0 Å². The summed E-state index contributed by atoms with van der Waals surface area (Å²) in [6.07, 6.45) is 32.3.